The maximum atomic E-state index is 6.51. The van der Waals surface area contributed by atoms with Gasteiger partial charge in [-0.25, -0.2) is 19.9 Å². The molecule has 4 fully saturated rings. The van der Waals surface area contributed by atoms with E-state index in [9.17, 15) is 0 Å². The van der Waals surface area contributed by atoms with E-state index in [0.29, 0.717) is 61.8 Å². The molecule has 104 heavy (non-hydrogen) atoms. The van der Waals surface area contributed by atoms with Gasteiger partial charge in [0.1, 0.15) is 36.3 Å². The van der Waals surface area contributed by atoms with Gasteiger partial charge in [0.05, 0.1) is 51.6 Å². The number of halogens is 8. The maximum absolute atomic E-state index is 6.51. The van der Waals surface area contributed by atoms with Gasteiger partial charge in [-0.3, -0.25) is 13.2 Å². The molecule has 0 aliphatic carbocycles. The zero-order valence-corrected chi connectivity index (χ0v) is 67.0. The van der Waals surface area contributed by atoms with E-state index in [0.717, 1.165) is 185 Å². The molecule has 4 aliphatic heterocycles. The lowest BCUT2D eigenvalue weighted by Gasteiger charge is -2.38. The molecule has 0 radical (unpaired) electrons. The second-order valence-corrected chi connectivity index (χ2v) is 34.2. The Morgan fingerprint density at radius 3 is 1.14 bits per heavy atom. The van der Waals surface area contributed by atoms with Crippen LogP contribution in [0, 0.1) is 49.4 Å². The van der Waals surface area contributed by atoms with Crippen LogP contribution in [0.25, 0.3) is 67.1 Å². The van der Waals surface area contributed by atoms with Gasteiger partial charge in [0.15, 0.2) is 16.9 Å². The first-order valence-corrected chi connectivity index (χ1v) is 38.5. The molecule has 12 heterocycles. The van der Waals surface area contributed by atoms with Crippen molar-refractivity contribution in [2.24, 2.45) is 21.7 Å². The van der Waals surface area contributed by atoms with E-state index >= 15 is 0 Å². The quantitative estimate of drug-likeness (QED) is 0.142. The van der Waals surface area contributed by atoms with E-state index in [1.54, 1.807) is 37.2 Å². The van der Waals surface area contributed by atoms with Gasteiger partial charge in [0.2, 0.25) is 11.9 Å². The van der Waals surface area contributed by atoms with Crippen molar-refractivity contribution in [3.05, 3.63) is 179 Å². The first-order valence-electron chi connectivity index (χ1n) is 35.5. The molecule has 0 amide bonds. The molecule has 0 saturated carbocycles. The van der Waals surface area contributed by atoms with E-state index < -0.39 is 0 Å². The van der Waals surface area contributed by atoms with Crippen molar-refractivity contribution >= 4 is 139 Å². The first kappa shape index (κ1) is 75.1. The Morgan fingerprint density at radius 1 is 0.365 bits per heavy atom. The maximum Gasteiger partial charge on any atom is 0.228 e. The molecule has 0 N–H and O–H groups in total. The number of benzene rings is 4. The number of imidazole rings is 1. The first-order chi connectivity index (χ1) is 49.5. The summed E-state index contributed by atoms with van der Waals surface area (Å²) in [7, 11) is 0. The summed E-state index contributed by atoms with van der Waals surface area (Å²) < 4.78 is 8.02. The Hall–Kier alpha value is -7.19. The highest BCUT2D eigenvalue weighted by Gasteiger charge is 2.33. The molecule has 4 aromatic carbocycles. The monoisotopic (exact) mass is 1550 g/mol. The van der Waals surface area contributed by atoms with Crippen LogP contribution in [0.4, 0.5) is 23.5 Å². The summed E-state index contributed by atoms with van der Waals surface area (Å²) >= 11 is 50.8. The molecule has 16 rings (SSSR count). The number of fused-ring (bicyclic) bond motifs is 4. The molecule has 0 bridgehead atoms. The molecule has 0 atom stereocenters. The fourth-order valence-corrected chi connectivity index (χ4v) is 16.1. The highest BCUT2D eigenvalue weighted by Crippen LogP contribution is 2.45. The van der Waals surface area contributed by atoms with Gasteiger partial charge in [0, 0.05) is 109 Å². The molecule has 544 valence electrons. The molecule has 12 aromatic rings. The summed E-state index contributed by atoms with van der Waals surface area (Å²) in [5.41, 5.74) is 16.1. The second kappa shape index (κ2) is 30.2. The van der Waals surface area contributed by atoms with Crippen LogP contribution in [-0.4, -0.2) is 116 Å². The van der Waals surface area contributed by atoms with Crippen LogP contribution in [0.3, 0.4) is 0 Å². The predicted molar refractivity (Wildman–Crippen MR) is 431 cm³/mol. The lowest BCUT2D eigenvalue weighted by Crippen LogP contribution is -2.39. The summed E-state index contributed by atoms with van der Waals surface area (Å²) in [6.07, 6.45) is 18.2. The normalized spacial score (nSPS) is 17.0. The average molecular weight is 1560 g/mol. The van der Waals surface area contributed by atoms with Crippen LogP contribution in [0.2, 0.25) is 40.2 Å². The van der Waals surface area contributed by atoms with Gasteiger partial charge in [-0.15, -0.1) is 20.4 Å². The van der Waals surface area contributed by atoms with Crippen LogP contribution in [0.1, 0.15) is 129 Å². The predicted octanol–water partition coefficient (Wildman–Crippen LogP) is 21.9. The van der Waals surface area contributed by atoms with E-state index in [1.165, 1.54) is 31.5 Å². The zero-order valence-electron chi connectivity index (χ0n) is 60.9. The SMILES string of the molecule is Cc1cc(N2CCC(C)(C)CC2)n2ccnc2c1-c1cccc(Cl)c1Cl.Cc1cc(N2CCC(C)(C)CC2)n2cnnc2c1-c1cccc(Cl)c1Cl.Cc1nc(N2CCC(C)(C)CC2)n2cnnc2c1-c1cccc(Cl)c1Cl.Cc1nc(N2CCC(C)(C)CC2)n2ncnc2c1-c1cccc(Cl)c1Cl. The van der Waals surface area contributed by atoms with Gasteiger partial charge >= 0.3 is 0 Å². The van der Waals surface area contributed by atoms with Crippen LogP contribution in [0.15, 0.2) is 116 Å². The molecule has 8 aromatic heterocycles. The van der Waals surface area contributed by atoms with E-state index in [1.807, 2.05) is 89.8 Å². The Morgan fingerprint density at radius 2 is 0.712 bits per heavy atom. The third-order valence-electron chi connectivity index (χ3n) is 21.4. The third kappa shape index (κ3) is 15.4. The molecule has 17 nitrogen and oxygen atoms in total. The number of pyridine rings is 2. The van der Waals surface area contributed by atoms with Gasteiger partial charge in [-0.2, -0.15) is 9.61 Å². The van der Waals surface area contributed by atoms with Gasteiger partial charge in [-0.05, 0) is 148 Å². The highest BCUT2D eigenvalue weighted by molar-refractivity contribution is 6.45. The number of rotatable bonds is 8. The molecular formula is C79H87Cl8N17. The van der Waals surface area contributed by atoms with Gasteiger partial charge < -0.3 is 19.6 Å². The van der Waals surface area contributed by atoms with Crippen molar-refractivity contribution in [1.29, 1.82) is 0 Å². The van der Waals surface area contributed by atoms with Crippen molar-refractivity contribution < 1.29 is 0 Å². The minimum atomic E-state index is 0.376. The Kier molecular flexibility index (Phi) is 21.8. The average Bonchev–Trinajstić information content (AvgIpc) is 1.47. The molecule has 25 heteroatoms. The molecule has 4 aliphatic rings. The van der Waals surface area contributed by atoms with Gasteiger partial charge in [0.25, 0.3) is 0 Å². The van der Waals surface area contributed by atoms with Gasteiger partial charge in [-0.1, -0.05) is 197 Å². The van der Waals surface area contributed by atoms with E-state index in [4.69, 9.17) is 103 Å². The summed E-state index contributed by atoms with van der Waals surface area (Å²) in [5.74, 6) is 4.07. The number of anilines is 4. The highest BCUT2D eigenvalue weighted by atomic mass is 35.5. The fourth-order valence-electron chi connectivity index (χ4n) is 14.5. The summed E-state index contributed by atoms with van der Waals surface area (Å²) in [5, 5.41) is 25.8. The van der Waals surface area contributed by atoms with Crippen molar-refractivity contribution in [2.75, 3.05) is 72.0 Å². The zero-order chi connectivity index (χ0) is 73.9. The van der Waals surface area contributed by atoms with Crippen LogP contribution in [0.5, 0.6) is 0 Å². The Balaban J connectivity index is 0.000000123. The third-order valence-corrected chi connectivity index (χ3v) is 24.7. The summed E-state index contributed by atoms with van der Waals surface area (Å²) in [6.45, 7) is 34.9. The van der Waals surface area contributed by atoms with Crippen molar-refractivity contribution in [1.82, 2.24) is 63.1 Å². The smallest absolute Gasteiger partial charge is 0.228 e. The van der Waals surface area contributed by atoms with Crippen LogP contribution in [-0.2, 0) is 0 Å². The lowest BCUT2D eigenvalue weighted by molar-refractivity contribution is 0.277. The minimum absolute atomic E-state index is 0.376. The lowest BCUT2D eigenvalue weighted by atomic mass is 9.82. The molecule has 4 saturated heterocycles. The summed E-state index contributed by atoms with van der Waals surface area (Å²) in [6, 6.07) is 27.1. The number of nitrogens with zero attached hydrogens (tertiary/aromatic N) is 17. The van der Waals surface area contributed by atoms with E-state index in [2.05, 4.69) is 145 Å². The van der Waals surface area contributed by atoms with Crippen LogP contribution >= 0.6 is 92.8 Å². The number of hydrogen-bond acceptors (Lipinski definition) is 13. The Labute approximate surface area is 648 Å². The number of aromatic nitrogens is 13. The molecule has 0 spiro atoms. The second-order valence-electron chi connectivity index (χ2n) is 31.0. The number of aryl methyl sites for hydroxylation is 4. The Bertz CT molecular complexity index is 4510. The van der Waals surface area contributed by atoms with E-state index in [-0.39, 0.29) is 0 Å². The molecular weight excluding hydrogens is 1470 g/mol. The topological polar surface area (TPSA) is 147 Å². The fraction of sp³-hybridized carbons (Fsp3) is 0.405. The molecule has 0 unspecified atom stereocenters. The minimum Gasteiger partial charge on any atom is -0.358 e. The standard InChI is InChI=1S/C21H23Cl2N3.C20H22Cl2N4.2C19H21Cl2N5/c1-14-13-17(25-10-7-21(2,3)8-11-25)26-12-9-24-20(26)18(14)15-5-4-6-16(22)19(15)23;1-13-11-16(25-9-7-20(2,3)8-10-25)26-12-23-24-19(26)17(13)14-5-4-6-15(21)18(14)22;1-12-15(13-5-4-6-14(20)16(13)21)17-24-22-11-26(17)18(23-12)25-9-7-19(2,3)8-10-25;1-12-15(13-5-4-6-14(20)16(13)21)17-22-11-23-26(17)18(24-12)25-9-7-19(2,3)8-10-25/h4-6,9,12-13H,7-8,10-11H2,1-3H3;4-6,11-12H,7-10H2,1-3H3;2*4-6,11H,7-10H2,1-3H3. The van der Waals surface area contributed by atoms with Crippen molar-refractivity contribution in [3.63, 3.8) is 0 Å². The number of piperidine rings is 4. The van der Waals surface area contributed by atoms with Crippen LogP contribution < -0.4 is 19.6 Å². The largest absolute Gasteiger partial charge is 0.358 e. The summed E-state index contributed by atoms with van der Waals surface area (Å²) in [4.78, 5) is 28.4. The van der Waals surface area contributed by atoms with Crippen molar-refractivity contribution in [2.45, 2.75) is 134 Å². The van der Waals surface area contributed by atoms with Crippen molar-refractivity contribution in [3.8, 4) is 44.5 Å². The number of hydrogen-bond donors (Lipinski definition) is 0.